The molecule has 0 aliphatic heterocycles. The molecule has 0 saturated carbocycles. The highest BCUT2D eigenvalue weighted by molar-refractivity contribution is 6.31. The van der Waals surface area contributed by atoms with Crippen molar-refractivity contribution in [1.82, 2.24) is 19.6 Å². The smallest absolute Gasteiger partial charge is 0.256 e. The van der Waals surface area contributed by atoms with Crippen LogP contribution in [0.2, 0.25) is 5.02 Å². The number of benzene rings is 2. The van der Waals surface area contributed by atoms with Gasteiger partial charge in [-0.25, -0.2) is 4.98 Å². The summed E-state index contributed by atoms with van der Waals surface area (Å²) in [6.45, 7) is 0.582. The molecule has 0 saturated heterocycles. The summed E-state index contributed by atoms with van der Waals surface area (Å²) >= 11 is 6.25. The van der Waals surface area contributed by atoms with Crippen molar-refractivity contribution < 1.29 is 4.74 Å². The van der Waals surface area contributed by atoms with Crippen LogP contribution in [0.5, 0.6) is 5.75 Å². The van der Waals surface area contributed by atoms with Crippen molar-refractivity contribution in [2.75, 3.05) is 12.4 Å². The molecule has 0 aliphatic carbocycles. The summed E-state index contributed by atoms with van der Waals surface area (Å²) in [5.41, 5.74) is 2.78. The Labute approximate surface area is 155 Å². The highest BCUT2D eigenvalue weighted by atomic mass is 35.5. The van der Waals surface area contributed by atoms with E-state index in [1.54, 1.807) is 13.4 Å². The van der Waals surface area contributed by atoms with Crippen LogP contribution in [0.1, 0.15) is 5.56 Å². The average Bonchev–Trinajstić information content (AvgIpc) is 3.16. The SMILES string of the molecule is COc1ccc(-c2cc(NCc3ccccc3Cl)n3cnnc3n2)cc1. The van der Waals surface area contributed by atoms with Crippen molar-refractivity contribution in [2.45, 2.75) is 6.54 Å². The molecule has 26 heavy (non-hydrogen) atoms. The van der Waals surface area contributed by atoms with E-state index in [9.17, 15) is 0 Å². The standard InChI is InChI=1S/C19H16ClN5O/c1-26-15-8-6-13(7-9-15)17-10-18(25-12-22-24-19(25)23-17)21-11-14-4-2-3-5-16(14)20/h2-10,12,21H,11H2,1H3. The van der Waals surface area contributed by atoms with Gasteiger partial charge in [-0.05, 0) is 35.9 Å². The summed E-state index contributed by atoms with van der Waals surface area (Å²) in [4.78, 5) is 4.58. The Morgan fingerprint density at radius 3 is 2.69 bits per heavy atom. The number of rotatable bonds is 5. The van der Waals surface area contributed by atoms with Gasteiger partial charge in [-0.3, -0.25) is 4.40 Å². The zero-order valence-corrected chi connectivity index (χ0v) is 14.8. The molecule has 6 nitrogen and oxygen atoms in total. The van der Waals surface area contributed by atoms with Gasteiger partial charge in [0.25, 0.3) is 5.78 Å². The van der Waals surface area contributed by atoms with Crippen LogP contribution in [0.4, 0.5) is 5.82 Å². The first-order valence-electron chi connectivity index (χ1n) is 8.07. The molecule has 2 heterocycles. The van der Waals surface area contributed by atoms with Gasteiger partial charge in [0.2, 0.25) is 0 Å². The van der Waals surface area contributed by atoms with Crippen molar-refractivity contribution >= 4 is 23.2 Å². The van der Waals surface area contributed by atoms with Gasteiger partial charge in [-0.15, -0.1) is 10.2 Å². The molecule has 0 amide bonds. The molecule has 130 valence electrons. The third kappa shape index (κ3) is 3.19. The number of nitrogens with zero attached hydrogens (tertiary/aromatic N) is 4. The van der Waals surface area contributed by atoms with Crippen LogP contribution in [0.25, 0.3) is 17.0 Å². The lowest BCUT2D eigenvalue weighted by atomic mass is 10.1. The largest absolute Gasteiger partial charge is 0.497 e. The third-order valence-corrected chi connectivity index (χ3v) is 4.46. The molecule has 4 rings (SSSR count). The lowest BCUT2D eigenvalue weighted by Gasteiger charge is -2.11. The number of hydrogen-bond donors (Lipinski definition) is 1. The summed E-state index contributed by atoms with van der Waals surface area (Å²) in [5, 5.41) is 12.2. The van der Waals surface area contributed by atoms with Crippen molar-refractivity contribution in [1.29, 1.82) is 0 Å². The van der Waals surface area contributed by atoms with E-state index in [1.807, 2.05) is 59.0 Å². The van der Waals surface area contributed by atoms with Crippen molar-refractivity contribution in [2.24, 2.45) is 0 Å². The van der Waals surface area contributed by atoms with Crippen molar-refractivity contribution in [3.63, 3.8) is 0 Å². The van der Waals surface area contributed by atoms with Crippen LogP contribution in [0.3, 0.4) is 0 Å². The van der Waals surface area contributed by atoms with E-state index < -0.39 is 0 Å². The molecule has 4 aromatic rings. The first-order valence-corrected chi connectivity index (χ1v) is 8.45. The van der Waals surface area contributed by atoms with Crippen LogP contribution in [0, 0.1) is 0 Å². The van der Waals surface area contributed by atoms with E-state index in [2.05, 4.69) is 20.5 Å². The maximum absolute atomic E-state index is 6.25. The van der Waals surface area contributed by atoms with Gasteiger partial charge in [0, 0.05) is 23.2 Å². The second-order valence-corrected chi connectivity index (χ2v) is 6.11. The minimum atomic E-state index is 0.528. The molecule has 2 aromatic carbocycles. The number of ether oxygens (including phenoxy) is 1. The maximum Gasteiger partial charge on any atom is 0.256 e. The number of anilines is 1. The maximum atomic E-state index is 6.25. The fourth-order valence-electron chi connectivity index (χ4n) is 2.69. The van der Waals surface area contributed by atoms with E-state index in [4.69, 9.17) is 16.3 Å². The molecule has 2 aromatic heterocycles. The molecule has 0 unspecified atom stereocenters. The fourth-order valence-corrected chi connectivity index (χ4v) is 2.89. The van der Waals surface area contributed by atoms with E-state index in [0.29, 0.717) is 12.3 Å². The summed E-state index contributed by atoms with van der Waals surface area (Å²) in [7, 11) is 1.65. The van der Waals surface area contributed by atoms with Crippen LogP contribution < -0.4 is 10.1 Å². The number of nitrogens with one attached hydrogen (secondary N) is 1. The van der Waals surface area contributed by atoms with Gasteiger partial charge in [-0.1, -0.05) is 29.8 Å². The molecule has 7 heteroatoms. The molecule has 0 bridgehead atoms. The van der Waals surface area contributed by atoms with Crippen molar-refractivity contribution in [3.8, 4) is 17.0 Å². The Hall–Kier alpha value is -3.12. The molecule has 0 aliphatic rings. The van der Waals surface area contributed by atoms with Gasteiger partial charge in [0.15, 0.2) is 0 Å². The Morgan fingerprint density at radius 1 is 1.12 bits per heavy atom. The molecule has 1 N–H and O–H groups in total. The molecule has 0 atom stereocenters. The quantitative estimate of drug-likeness (QED) is 0.577. The van der Waals surface area contributed by atoms with Gasteiger partial charge >= 0.3 is 0 Å². The number of fused-ring (bicyclic) bond motifs is 1. The Bertz CT molecular complexity index is 1050. The van der Waals surface area contributed by atoms with Crippen LogP contribution >= 0.6 is 11.6 Å². The second-order valence-electron chi connectivity index (χ2n) is 5.70. The summed E-state index contributed by atoms with van der Waals surface area (Å²) < 4.78 is 7.02. The van der Waals surface area contributed by atoms with E-state index in [-0.39, 0.29) is 0 Å². The zero-order chi connectivity index (χ0) is 17.9. The predicted molar refractivity (Wildman–Crippen MR) is 102 cm³/mol. The van der Waals surface area contributed by atoms with E-state index >= 15 is 0 Å². The molecular weight excluding hydrogens is 350 g/mol. The summed E-state index contributed by atoms with van der Waals surface area (Å²) in [5.74, 6) is 2.17. The highest BCUT2D eigenvalue weighted by Gasteiger charge is 2.10. The van der Waals surface area contributed by atoms with Gasteiger partial charge < -0.3 is 10.1 Å². The highest BCUT2D eigenvalue weighted by Crippen LogP contribution is 2.25. The molecule has 0 fully saturated rings. The topological polar surface area (TPSA) is 64.3 Å². The Morgan fingerprint density at radius 2 is 1.92 bits per heavy atom. The third-order valence-electron chi connectivity index (χ3n) is 4.09. The zero-order valence-electron chi connectivity index (χ0n) is 14.1. The number of hydrogen-bond acceptors (Lipinski definition) is 5. The minimum absolute atomic E-state index is 0.528. The average molecular weight is 366 g/mol. The van der Waals surface area contributed by atoms with Crippen LogP contribution in [0.15, 0.2) is 60.9 Å². The first-order chi connectivity index (χ1) is 12.7. The molecule has 0 radical (unpaired) electrons. The number of halogens is 1. The Balaban J connectivity index is 1.69. The summed E-state index contributed by atoms with van der Waals surface area (Å²) in [6.07, 6.45) is 1.63. The number of methoxy groups -OCH3 is 1. The van der Waals surface area contributed by atoms with E-state index in [1.165, 1.54) is 0 Å². The normalized spacial score (nSPS) is 10.8. The fraction of sp³-hybridized carbons (Fsp3) is 0.105. The van der Waals surface area contributed by atoms with E-state index in [0.717, 1.165) is 33.4 Å². The number of aromatic nitrogens is 4. The van der Waals surface area contributed by atoms with Crippen LogP contribution in [-0.2, 0) is 6.54 Å². The van der Waals surface area contributed by atoms with Crippen molar-refractivity contribution in [3.05, 3.63) is 71.5 Å². The molecular formula is C19H16ClN5O. The second kappa shape index (κ2) is 7.01. The van der Waals surface area contributed by atoms with Gasteiger partial charge in [0.1, 0.15) is 17.9 Å². The first kappa shape index (κ1) is 16.4. The lowest BCUT2D eigenvalue weighted by Crippen LogP contribution is -2.06. The van der Waals surface area contributed by atoms with Gasteiger partial charge in [-0.2, -0.15) is 0 Å². The monoisotopic (exact) mass is 365 g/mol. The summed E-state index contributed by atoms with van der Waals surface area (Å²) in [6, 6.07) is 17.5. The van der Waals surface area contributed by atoms with Gasteiger partial charge in [0.05, 0.1) is 12.8 Å². The molecule has 0 spiro atoms. The minimum Gasteiger partial charge on any atom is -0.497 e. The van der Waals surface area contributed by atoms with Crippen LogP contribution in [-0.4, -0.2) is 26.7 Å². The lowest BCUT2D eigenvalue weighted by molar-refractivity contribution is 0.415. The predicted octanol–water partition coefficient (Wildman–Crippen LogP) is 4.07. The Kier molecular flexibility index (Phi) is 4.41.